The Morgan fingerprint density at radius 3 is 2.77 bits per heavy atom. The summed E-state index contributed by atoms with van der Waals surface area (Å²) < 4.78 is 6.34. The van der Waals surface area contributed by atoms with Gasteiger partial charge in [0.15, 0.2) is 11.5 Å². The first-order valence-electron chi connectivity index (χ1n) is 8.69. The Labute approximate surface area is 181 Å². The molecule has 0 fully saturated rings. The van der Waals surface area contributed by atoms with Crippen LogP contribution in [0.1, 0.15) is 10.5 Å². The van der Waals surface area contributed by atoms with Gasteiger partial charge in [-0.2, -0.15) is 0 Å². The number of ether oxygens (including phenoxy) is 1. The normalized spacial score (nSPS) is 10.5. The fourth-order valence-corrected chi connectivity index (χ4v) is 3.23. The molecule has 3 rings (SSSR count). The summed E-state index contributed by atoms with van der Waals surface area (Å²) in [6, 6.07) is 12.2. The molecule has 3 aromatic rings. The molecule has 0 spiro atoms. The zero-order chi connectivity index (χ0) is 21.7. The minimum absolute atomic E-state index is 0.0262. The Bertz CT molecular complexity index is 1090. The minimum atomic E-state index is -0.520. The molecule has 1 aromatic heterocycles. The summed E-state index contributed by atoms with van der Waals surface area (Å²) in [6.45, 7) is -0.246. The van der Waals surface area contributed by atoms with Crippen LogP contribution in [0.15, 0.2) is 47.4 Å². The predicted octanol–water partition coefficient (Wildman–Crippen LogP) is 3.14. The van der Waals surface area contributed by atoms with Gasteiger partial charge in [0.2, 0.25) is 5.91 Å². The molecule has 0 saturated carbocycles. The average molecular weight is 447 g/mol. The molecule has 30 heavy (non-hydrogen) atoms. The molecule has 0 aliphatic carbocycles. The first kappa shape index (κ1) is 21.5. The Morgan fingerprint density at radius 1 is 1.23 bits per heavy atom. The summed E-state index contributed by atoms with van der Waals surface area (Å²) in [5.74, 6) is -0.533. The van der Waals surface area contributed by atoms with Crippen LogP contribution in [0.25, 0.3) is 0 Å². The number of nitrogens with two attached hydrogens (primary N) is 1. The molecule has 9 nitrogen and oxygen atoms in total. The lowest BCUT2D eigenvalue weighted by molar-refractivity contribution is -0.116. The number of rotatable bonds is 7. The third-order valence-electron chi connectivity index (χ3n) is 4.05. The highest BCUT2D eigenvalue weighted by atomic mass is 35.5. The highest BCUT2D eigenvalue weighted by molar-refractivity contribution is 7.98. The third kappa shape index (κ3) is 5.02. The number of nitrogen functional groups attached to an aromatic ring is 1. The second-order valence-electron chi connectivity index (χ2n) is 6.06. The Balaban J connectivity index is 1.69. The van der Waals surface area contributed by atoms with Gasteiger partial charge in [-0.1, -0.05) is 22.9 Å². The van der Waals surface area contributed by atoms with Crippen molar-refractivity contribution in [2.24, 2.45) is 0 Å². The number of methoxy groups -OCH3 is 1. The predicted molar refractivity (Wildman–Crippen MR) is 117 cm³/mol. The van der Waals surface area contributed by atoms with Gasteiger partial charge >= 0.3 is 0 Å². The molecule has 0 aliphatic rings. The van der Waals surface area contributed by atoms with Gasteiger partial charge in [-0.15, -0.1) is 16.9 Å². The number of amides is 2. The number of aromatic nitrogens is 3. The highest BCUT2D eigenvalue weighted by Gasteiger charge is 2.19. The molecular formula is C19H19ClN6O3S. The first-order valence-corrected chi connectivity index (χ1v) is 10.3. The van der Waals surface area contributed by atoms with Crippen molar-refractivity contribution in [3.8, 4) is 5.75 Å². The molecular weight excluding hydrogens is 428 g/mol. The number of halogens is 1. The lowest BCUT2D eigenvalue weighted by Crippen LogP contribution is -2.21. The molecule has 0 aliphatic heterocycles. The van der Waals surface area contributed by atoms with Crippen LogP contribution in [0.2, 0.25) is 5.02 Å². The second-order valence-corrected chi connectivity index (χ2v) is 7.38. The lowest BCUT2D eigenvalue weighted by Gasteiger charge is -2.11. The summed E-state index contributed by atoms with van der Waals surface area (Å²) in [6.07, 6.45) is 1.94. The first-order chi connectivity index (χ1) is 14.4. The topological polar surface area (TPSA) is 124 Å². The average Bonchev–Trinajstić information content (AvgIpc) is 3.08. The standard InChI is InChI=1S/C19H19ClN6O3S/c1-29-15-7-6-11(20)8-14(15)23-16(27)10-26-18(21)17(24-25-26)19(28)22-12-4-3-5-13(9-12)30-2/h3-9H,10,21H2,1-2H3,(H,22,28)(H,23,27). The van der Waals surface area contributed by atoms with E-state index in [4.69, 9.17) is 22.1 Å². The maximum Gasteiger partial charge on any atom is 0.280 e. The van der Waals surface area contributed by atoms with E-state index in [1.807, 2.05) is 24.5 Å². The number of hydrogen-bond acceptors (Lipinski definition) is 7. The van der Waals surface area contributed by atoms with Crippen LogP contribution in [0.5, 0.6) is 5.75 Å². The number of anilines is 3. The van der Waals surface area contributed by atoms with Crippen LogP contribution in [0, 0.1) is 0 Å². The van der Waals surface area contributed by atoms with Crippen LogP contribution in [-0.2, 0) is 11.3 Å². The monoisotopic (exact) mass is 446 g/mol. The zero-order valence-electron chi connectivity index (χ0n) is 16.2. The van der Waals surface area contributed by atoms with Gasteiger partial charge in [0.05, 0.1) is 12.8 Å². The summed E-state index contributed by atoms with van der Waals surface area (Å²) in [5.41, 5.74) is 6.92. The van der Waals surface area contributed by atoms with E-state index >= 15 is 0 Å². The Morgan fingerprint density at radius 2 is 2.03 bits per heavy atom. The van der Waals surface area contributed by atoms with Crippen LogP contribution >= 0.6 is 23.4 Å². The molecule has 156 valence electrons. The third-order valence-corrected chi connectivity index (χ3v) is 5.01. The van der Waals surface area contributed by atoms with Crippen molar-refractivity contribution in [1.29, 1.82) is 0 Å². The number of nitrogens with one attached hydrogen (secondary N) is 2. The van der Waals surface area contributed by atoms with Crippen molar-refractivity contribution in [3.63, 3.8) is 0 Å². The fourth-order valence-electron chi connectivity index (χ4n) is 2.59. The van der Waals surface area contributed by atoms with Gasteiger partial charge in [0.25, 0.3) is 5.91 Å². The Kier molecular flexibility index (Phi) is 6.80. The molecule has 0 radical (unpaired) electrons. The van der Waals surface area contributed by atoms with Crippen molar-refractivity contribution in [2.75, 3.05) is 29.7 Å². The number of carbonyl (C=O) groups excluding carboxylic acids is 2. The van der Waals surface area contributed by atoms with Crippen molar-refractivity contribution in [1.82, 2.24) is 15.0 Å². The molecule has 2 aromatic carbocycles. The Hall–Kier alpha value is -3.24. The van der Waals surface area contributed by atoms with E-state index in [2.05, 4.69) is 20.9 Å². The molecule has 1 heterocycles. The number of thioether (sulfide) groups is 1. The highest BCUT2D eigenvalue weighted by Crippen LogP contribution is 2.27. The van der Waals surface area contributed by atoms with Crippen molar-refractivity contribution < 1.29 is 14.3 Å². The van der Waals surface area contributed by atoms with Crippen molar-refractivity contribution >= 4 is 52.4 Å². The molecule has 0 bridgehead atoms. The second kappa shape index (κ2) is 9.51. The van der Waals surface area contributed by atoms with Crippen LogP contribution < -0.4 is 21.1 Å². The number of carbonyl (C=O) groups is 2. The summed E-state index contributed by atoms with van der Waals surface area (Å²) in [4.78, 5) is 25.9. The van der Waals surface area contributed by atoms with Gasteiger partial charge in [-0.05, 0) is 42.7 Å². The molecule has 4 N–H and O–H groups in total. The van der Waals surface area contributed by atoms with Crippen molar-refractivity contribution in [3.05, 3.63) is 53.2 Å². The van der Waals surface area contributed by atoms with Crippen LogP contribution in [-0.4, -0.2) is 40.2 Å². The van der Waals surface area contributed by atoms with E-state index in [9.17, 15) is 9.59 Å². The minimum Gasteiger partial charge on any atom is -0.495 e. The maximum absolute atomic E-state index is 12.5. The van der Waals surface area contributed by atoms with E-state index in [0.29, 0.717) is 22.1 Å². The van der Waals surface area contributed by atoms with Crippen molar-refractivity contribution in [2.45, 2.75) is 11.4 Å². The van der Waals surface area contributed by atoms with Gasteiger partial charge in [0, 0.05) is 15.6 Å². The van der Waals surface area contributed by atoms with Gasteiger partial charge in [0.1, 0.15) is 12.3 Å². The fraction of sp³-hybridized carbons (Fsp3) is 0.158. The van der Waals surface area contributed by atoms with E-state index in [1.54, 1.807) is 36.0 Å². The van der Waals surface area contributed by atoms with Crippen LogP contribution in [0.3, 0.4) is 0 Å². The molecule has 0 atom stereocenters. The molecule has 0 saturated heterocycles. The van der Waals surface area contributed by atoms with Gasteiger partial charge < -0.3 is 21.1 Å². The lowest BCUT2D eigenvalue weighted by atomic mass is 10.3. The SMILES string of the molecule is COc1ccc(Cl)cc1NC(=O)Cn1nnc(C(=O)Nc2cccc(SC)c2)c1N. The van der Waals surface area contributed by atoms with Crippen LogP contribution in [0.4, 0.5) is 17.2 Å². The quantitative estimate of drug-likeness (QED) is 0.476. The number of nitrogens with zero attached hydrogens (tertiary/aromatic N) is 3. The van der Waals surface area contributed by atoms with E-state index in [0.717, 1.165) is 9.58 Å². The number of hydrogen-bond donors (Lipinski definition) is 3. The summed E-state index contributed by atoms with van der Waals surface area (Å²) in [5, 5.41) is 13.5. The maximum atomic E-state index is 12.5. The largest absolute Gasteiger partial charge is 0.495 e. The molecule has 2 amide bonds. The van der Waals surface area contributed by atoms with E-state index < -0.39 is 11.8 Å². The summed E-state index contributed by atoms with van der Waals surface area (Å²) >= 11 is 7.52. The molecule has 11 heteroatoms. The van der Waals surface area contributed by atoms with E-state index in [1.165, 1.54) is 7.11 Å². The smallest absolute Gasteiger partial charge is 0.280 e. The summed E-state index contributed by atoms with van der Waals surface area (Å²) in [7, 11) is 1.48. The van der Waals surface area contributed by atoms with Gasteiger partial charge in [-0.25, -0.2) is 4.68 Å². The molecule has 0 unspecified atom stereocenters. The van der Waals surface area contributed by atoms with Gasteiger partial charge in [-0.3, -0.25) is 9.59 Å². The zero-order valence-corrected chi connectivity index (χ0v) is 17.8. The van der Waals surface area contributed by atoms with E-state index in [-0.39, 0.29) is 18.1 Å². The number of benzene rings is 2.